The Bertz CT molecular complexity index is 1970. The molecule has 0 unspecified atom stereocenters. The second-order valence-corrected chi connectivity index (χ2v) is 20.5. The lowest BCUT2D eigenvalue weighted by molar-refractivity contribution is -0.265. The maximum atomic E-state index is 14.5. The number of carbonyl (C=O) groups is 7. The second kappa shape index (κ2) is 26.9. The summed E-state index contributed by atoms with van der Waals surface area (Å²) in [7, 11) is 2.93. The van der Waals surface area contributed by atoms with Crippen molar-refractivity contribution in [2.24, 2.45) is 35.5 Å². The summed E-state index contributed by atoms with van der Waals surface area (Å²) in [5.41, 5.74) is 1.02. The number of Topliss-reactive ketones (excluding diaryl/α,β-unsaturated/α-hetero) is 3. The van der Waals surface area contributed by atoms with E-state index in [0.29, 0.717) is 68.9 Å². The highest BCUT2D eigenvalue weighted by molar-refractivity contribution is 6.39. The predicted octanol–water partition coefficient (Wildman–Crippen LogP) is 6.67. The minimum Gasteiger partial charge on any atom is -0.460 e. The molecule has 16 heteroatoms. The summed E-state index contributed by atoms with van der Waals surface area (Å²) in [6, 6.07) is -1.20. The Hall–Kier alpha value is -4.35. The number of cyclic esters (lactones) is 1. The van der Waals surface area contributed by atoms with Gasteiger partial charge in [0.05, 0.1) is 18.3 Å². The molecule has 0 aromatic heterocycles. The van der Waals surface area contributed by atoms with Gasteiger partial charge in [0.1, 0.15) is 24.0 Å². The minimum atomic E-state index is -2.51. The summed E-state index contributed by atoms with van der Waals surface area (Å²) in [6.07, 6.45) is 9.44. The number of methoxy groups -OCH3 is 2. The van der Waals surface area contributed by atoms with Gasteiger partial charge in [-0.15, -0.1) is 0 Å². The molecule has 2 bridgehead atoms. The number of ketones is 3. The lowest BCUT2D eigenvalue weighted by atomic mass is 9.78. The van der Waals surface area contributed by atoms with E-state index >= 15 is 0 Å². The van der Waals surface area contributed by atoms with Gasteiger partial charge in [0.25, 0.3) is 11.7 Å². The van der Waals surface area contributed by atoms with Crippen molar-refractivity contribution in [3.05, 3.63) is 47.6 Å². The van der Waals surface area contributed by atoms with Crippen molar-refractivity contribution in [3.63, 3.8) is 0 Å². The molecular formula is C54H81NO15. The number of hydrogen-bond acceptors (Lipinski definition) is 15. The third-order valence-electron chi connectivity index (χ3n) is 14.8. The van der Waals surface area contributed by atoms with Crippen LogP contribution >= 0.6 is 0 Å². The van der Waals surface area contributed by atoms with E-state index < -0.39 is 102 Å². The average Bonchev–Trinajstić information content (AvgIpc) is 3.31. The highest BCUT2D eigenvalue weighted by Gasteiger charge is 2.53. The Balaban J connectivity index is 1.74. The molecule has 2 saturated heterocycles. The van der Waals surface area contributed by atoms with Gasteiger partial charge in [0.15, 0.2) is 18.0 Å². The van der Waals surface area contributed by atoms with Gasteiger partial charge in [0, 0.05) is 65.2 Å². The van der Waals surface area contributed by atoms with Gasteiger partial charge < -0.3 is 43.5 Å². The van der Waals surface area contributed by atoms with E-state index in [1.165, 1.54) is 21.0 Å². The van der Waals surface area contributed by atoms with Crippen LogP contribution in [0.2, 0.25) is 0 Å². The number of esters is 3. The van der Waals surface area contributed by atoms with Crippen molar-refractivity contribution in [1.29, 1.82) is 0 Å². The van der Waals surface area contributed by atoms with E-state index in [1.54, 1.807) is 66.0 Å². The molecule has 3 fully saturated rings. The number of rotatable bonds is 7. The van der Waals surface area contributed by atoms with Crippen LogP contribution in [0.3, 0.4) is 0 Å². The molecule has 4 rings (SSSR count). The number of aliphatic hydroxyl groups excluding tert-OH is 1. The molecule has 0 spiro atoms. The molecule has 1 amide bonds. The highest BCUT2D eigenvalue weighted by Crippen LogP contribution is 2.38. The maximum absolute atomic E-state index is 14.5. The molecule has 4 aliphatic rings. The highest BCUT2D eigenvalue weighted by atomic mass is 16.6. The summed E-state index contributed by atoms with van der Waals surface area (Å²) in [5, 5.41) is 23.1. The molecular weight excluding hydrogens is 903 g/mol. The quantitative estimate of drug-likeness (QED) is 0.118. The van der Waals surface area contributed by atoms with E-state index in [-0.39, 0.29) is 55.3 Å². The Labute approximate surface area is 414 Å². The van der Waals surface area contributed by atoms with Crippen LogP contribution in [0.25, 0.3) is 0 Å². The van der Waals surface area contributed by atoms with Gasteiger partial charge in [-0.25, -0.2) is 4.79 Å². The molecule has 16 nitrogen and oxygen atoms in total. The van der Waals surface area contributed by atoms with Crippen molar-refractivity contribution in [2.75, 3.05) is 20.8 Å². The molecule has 2 N–H and O–H groups in total. The van der Waals surface area contributed by atoms with Gasteiger partial charge in [-0.2, -0.15) is 0 Å². The summed E-state index contributed by atoms with van der Waals surface area (Å²) >= 11 is 0. The molecule has 70 heavy (non-hydrogen) atoms. The van der Waals surface area contributed by atoms with Gasteiger partial charge in [-0.1, -0.05) is 71.1 Å². The maximum Gasteiger partial charge on any atom is 0.329 e. The lowest BCUT2D eigenvalue weighted by Crippen LogP contribution is -2.61. The molecule has 3 aliphatic heterocycles. The van der Waals surface area contributed by atoms with Crippen LogP contribution in [0.5, 0.6) is 0 Å². The average molecular weight is 984 g/mol. The van der Waals surface area contributed by atoms with Crippen LogP contribution in [0.4, 0.5) is 0 Å². The van der Waals surface area contributed by atoms with Crippen LogP contribution in [-0.4, -0.2) is 132 Å². The monoisotopic (exact) mass is 984 g/mol. The number of hydrogen-bond donors (Lipinski definition) is 2. The Morgan fingerprint density at radius 1 is 0.829 bits per heavy atom. The molecule has 1 aliphatic carbocycles. The van der Waals surface area contributed by atoms with Crippen molar-refractivity contribution < 1.29 is 72.2 Å². The summed E-state index contributed by atoms with van der Waals surface area (Å²) in [4.78, 5) is 96.8. The number of ether oxygens (including phenoxy) is 6. The lowest BCUT2D eigenvalue weighted by Gasteiger charge is -2.42. The first kappa shape index (κ1) is 58.2. The number of nitrogens with zero attached hydrogens (tertiary/aromatic N) is 1. The van der Waals surface area contributed by atoms with Gasteiger partial charge in [-0.3, -0.25) is 28.8 Å². The van der Waals surface area contributed by atoms with Crippen LogP contribution in [0.15, 0.2) is 47.6 Å². The number of piperidine rings is 1. The van der Waals surface area contributed by atoms with Crippen LogP contribution < -0.4 is 0 Å². The largest absolute Gasteiger partial charge is 0.460 e. The summed E-state index contributed by atoms with van der Waals surface area (Å²) in [6.45, 7) is 15.0. The fourth-order valence-electron chi connectivity index (χ4n) is 10.5. The number of aliphatic hydroxyl groups is 2. The predicted molar refractivity (Wildman–Crippen MR) is 259 cm³/mol. The van der Waals surface area contributed by atoms with Crippen LogP contribution in [-0.2, 0) is 62.0 Å². The number of carbonyl (C=O) groups excluding carboxylic acids is 7. The zero-order chi connectivity index (χ0) is 52.0. The van der Waals surface area contributed by atoms with Crippen LogP contribution in [0, 0.1) is 35.5 Å². The fourth-order valence-corrected chi connectivity index (χ4v) is 10.5. The third-order valence-corrected chi connectivity index (χ3v) is 14.8. The zero-order valence-corrected chi connectivity index (χ0v) is 43.4. The Morgan fingerprint density at radius 2 is 1.53 bits per heavy atom. The molecule has 0 aromatic carbocycles. The number of allylic oxidation sites excluding steroid dienone is 6. The van der Waals surface area contributed by atoms with Gasteiger partial charge in [0.2, 0.25) is 5.79 Å². The number of amides is 1. The smallest absolute Gasteiger partial charge is 0.329 e. The normalized spacial score (nSPS) is 38.2. The van der Waals surface area contributed by atoms with E-state index in [9.17, 15) is 43.8 Å². The number of fused-ring (bicyclic) bond motifs is 3. The molecule has 1 saturated carbocycles. The Morgan fingerprint density at radius 3 is 2.19 bits per heavy atom. The molecule has 15 atom stereocenters. The second-order valence-electron chi connectivity index (χ2n) is 20.5. The standard InChI is InChI=1S/C54H81NO15/c1-31-17-13-12-14-18-32(2)43(58)29-41-22-20-37(7)54(64,70-41)51(61)52(62)55-24-16-15-19-42(55)53(63)69-46(34(4)27-40-21-23-45(67-38(8)56)47(28-40)65-10)30-44(59)33(3)26-36(6)49(68-39(9)57)50(66-11)48(60)35(5)25-31/h12-14,17-18,26,31,33-35,37,40-43,45-47,49-50,58,64H,15-16,19-25,27-30H2,1-11H3/b14-12+,17-13+,32-18+,36-26+/t31-,33-,34-,35-,37-,40+,41+,42+,43+,45-,46+,47-,49-,50+,54-/m1/s1. The topological polar surface area (TPSA) is 219 Å². The van der Waals surface area contributed by atoms with E-state index in [2.05, 4.69) is 0 Å². The summed E-state index contributed by atoms with van der Waals surface area (Å²) in [5.74, 6) is -9.71. The third kappa shape index (κ3) is 15.8. The van der Waals surface area contributed by atoms with Crippen molar-refractivity contribution in [1.82, 2.24) is 4.90 Å². The minimum absolute atomic E-state index is 0.0417. The first-order valence-electron chi connectivity index (χ1n) is 25.3. The van der Waals surface area contributed by atoms with Gasteiger partial charge in [-0.05, 0) is 107 Å². The van der Waals surface area contributed by atoms with E-state index in [1.807, 2.05) is 26.0 Å². The van der Waals surface area contributed by atoms with Gasteiger partial charge >= 0.3 is 17.9 Å². The first-order chi connectivity index (χ1) is 33.0. The first-order valence-corrected chi connectivity index (χ1v) is 25.3. The Kier molecular flexibility index (Phi) is 22.4. The van der Waals surface area contributed by atoms with Crippen molar-refractivity contribution in [2.45, 2.75) is 194 Å². The van der Waals surface area contributed by atoms with Crippen molar-refractivity contribution in [3.8, 4) is 0 Å². The van der Waals surface area contributed by atoms with E-state index in [4.69, 9.17) is 28.4 Å². The molecule has 3 heterocycles. The fraction of sp³-hybridized carbons (Fsp3) is 0.722. The molecule has 0 aromatic rings. The van der Waals surface area contributed by atoms with E-state index in [0.717, 1.165) is 4.90 Å². The summed E-state index contributed by atoms with van der Waals surface area (Å²) < 4.78 is 35.1. The zero-order valence-electron chi connectivity index (χ0n) is 43.4. The van der Waals surface area contributed by atoms with Crippen LogP contribution in [0.1, 0.15) is 139 Å². The molecule has 0 radical (unpaired) electrons. The van der Waals surface area contributed by atoms with Crippen molar-refractivity contribution >= 4 is 41.2 Å². The SMILES string of the molecule is CO[C@@H]1C[C@H](C[C@@H](C)[C@@H]2CC(=O)[C@H](C)/C=C(\C)[C@@H](OC(C)=O)[C@@H](OC)C(=O)[C@H](C)C[C@H](C)/C=C/C=C/C=C(\C)[C@@H](O)C[C@@H]3CC[C@@H](C)[C@@](O)(O3)C(=O)C(=O)N3CCCC[C@H]3C(=O)O2)CC[C@H]1OC(C)=O. The molecule has 392 valence electrons.